The topological polar surface area (TPSA) is 49.3 Å². The Morgan fingerprint density at radius 2 is 2.12 bits per heavy atom. The third kappa shape index (κ3) is 3.45. The number of amides is 1. The monoisotopic (exact) mass is 374 g/mol. The predicted octanol–water partition coefficient (Wildman–Crippen LogP) is 2.86. The maximum Gasteiger partial charge on any atom is 0.273 e. The van der Waals surface area contributed by atoms with Crippen LogP contribution in [0.4, 0.5) is 0 Å². The van der Waals surface area contributed by atoms with E-state index >= 15 is 0 Å². The van der Waals surface area contributed by atoms with Crippen LogP contribution in [-0.4, -0.2) is 69.4 Å². The lowest BCUT2D eigenvalue weighted by Crippen LogP contribution is -2.40. The highest BCUT2D eigenvalue weighted by Crippen LogP contribution is 2.29. The summed E-state index contributed by atoms with van der Waals surface area (Å²) in [4.78, 5) is 26.4. The average Bonchev–Trinajstić information content (AvgIpc) is 3.41. The molecular weight excluding hydrogens is 352 g/mol. The van der Waals surface area contributed by atoms with Gasteiger partial charge in [0.2, 0.25) is 0 Å². The van der Waals surface area contributed by atoms with Crippen LogP contribution in [-0.2, 0) is 0 Å². The molecule has 2 fully saturated rings. The lowest BCUT2D eigenvalue weighted by atomic mass is 10.2. The smallest absolute Gasteiger partial charge is 0.273 e. The van der Waals surface area contributed by atoms with Gasteiger partial charge in [0, 0.05) is 36.0 Å². The van der Waals surface area contributed by atoms with Crippen LogP contribution in [0.3, 0.4) is 0 Å². The molecule has 2 aliphatic rings. The van der Waals surface area contributed by atoms with Crippen LogP contribution in [0.5, 0.6) is 0 Å². The van der Waals surface area contributed by atoms with Crippen LogP contribution in [0.15, 0.2) is 29.8 Å². The van der Waals surface area contributed by atoms with Gasteiger partial charge in [0.15, 0.2) is 0 Å². The van der Waals surface area contributed by atoms with Crippen molar-refractivity contribution in [1.29, 1.82) is 0 Å². The summed E-state index contributed by atoms with van der Waals surface area (Å²) in [6.45, 7) is 3.98. The molecule has 7 heteroatoms. The fourth-order valence-electron chi connectivity index (χ4n) is 3.72. The van der Waals surface area contributed by atoms with Crippen molar-refractivity contribution in [2.45, 2.75) is 24.1 Å². The zero-order chi connectivity index (χ0) is 17.2. The molecule has 1 amide bonds. The minimum Gasteiger partial charge on any atom is -0.334 e. The number of carbonyl (C=O) groups is 1. The van der Waals surface area contributed by atoms with E-state index in [1.54, 1.807) is 6.20 Å². The second kappa shape index (κ2) is 7.43. The van der Waals surface area contributed by atoms with E-state index in [9.17, 15) is 4.79 Å². The minimum atomic E-state index is 0.0548. The summed E-state index contributed by atoms with van der Waals surface area (Å²) in [6.07, 6.45) is 6.47. The van der Waals surface area contributed by atoms with E-state index in [1.165, 1.54) is 37.3 Å². The van der Waals surface area contributed by atoms with Gasteiger partial charge in [0.05, 0.1) is 5.69 Å². The number of hydrogen-bond donors (Lipinski definition) is 0. The summed E-state index contributed by atoms with van der Waals surface area (Å²) < 4.78 is 0. The molecule has 2 aromatic rings. The Kier molecular flexibility index (Phi) is 5.05. The fourth-order valence-corrected chi connectivity index (χ4v) is 5.39. The van der Waals surface area contributed by atoms with Gasteiger partial charge in [-0.15, -0.1) is 11.3 Å². The Labute approximate surface area is 156 Å². The van der Waals surface area contributed by atoms with Crippen LogP contribution in [0.2, 0.25) is 0 Å². The molecule has 0 aliphatic carbocycles. The molecule has 4 rings (SSSR count). The van der Waals surface area contributed by atoms with Gasteiger partial charge in [-0.2, -0.15) is 11.8 Å². The number of hydrogen-bond acceptors (Lipinski definition) is 6. The second-order valence-corrected chi connectivity index (χ2v) is 8.48. The maximum atomic E-state index is 12.9. The molecule has 0 saturated carbocycles. The van der Waals surface area contributed by atoms with Crippen molar-refractivity contribution in [3.63, 3.8) is 0 Å². The minimum absolute atomic E-state index is 0.0548. The SMILES string of the molecule is CS[C@H]1CN(C(=O)c2csc(-c3ccccn3)n2)C[C@@H]1N1CCCC1. The van der Waals surface area contributed by atoms with Gasteiger partial charge < -0.3 is 4.90 Å². The highest BCUT2D eigenvalue weighted by Gasteiger charge is 2.39. The molecule has 2 atom stereocenters. The van der Waals surface area contributed by atoms with Gasteiger partial charge in [0.25, 0.3) is 5.91 Å². The Morgan fingerprint density at radius 3 is 2.84 bits per heavy atom. The van der Waals surface area contributed by atoms with Crippen molar-refractivity contribution in [3.8, 4) is 10.7 Å². The van der Waals surface area contributed by atoms with Crippen LogP contribution < -0.4 is 0 Å². The fraction of sp³-hybridized carbons (Fsp3) is 0.500. The van der Waals surface area contributed by atoms with E-state index in [0.717, 1.165) is 23.8 Å². The van der Waals surface area contributed by atoms with Gasteiger partial charge in [-0.3, -0.25) is 14.7 Å². The van der Waals surface area contributed by atoms with Crippen molar-refractivity contribution in [1.82, 2.24) is 19.8 Å². The third-order valence-electron chi connectivity index (χ3n) is 5.04. The molecule has 0 N–H and O–H groups in total. The van der Waals surface area contributed by atoms with E-state index in [0.29, 0.717) is 17.0 Å². The van der Waals surface area contributed by atoms with Gasteiger partial charge in [-0.25, -0.2) is 4.98 Å². The van der Waals surface area contributed by atoms with E-state index in [2.05, 4.69) is 21.1 Å². The van der Waals surface area contributed by atoms with Crippen LogP contribution >= 0.6 is 23.1 Å². The molecule has 132 valence electrons. The van der Waals surface area contributed by atoms with Crippen molar-refractivity contribution in [2.75, 3.05) is 32.4 Å². The molecule has 0 radical (unpaired) electrons. The molecule has 2 saturated heterocycles. The number of carbonyl (C=O) groups excluding carboxylic acids is 1. The summed E-state index contributed by atoms with van der Waals surface area (Å²) in [5, 5.41) is 3.17. The first-order valence-corrected chi connectivity index (χ1v) is 10.9. The summed E-state index contributed by atoms with van der Waals surface area (Å²) >= 11 is 3.37. The van der Waals surface area contributed by atoms with Crippen LogP contribution in [0, 0.1) is 0 Å². The number of thioether (sulfide) groups is 1. The summed E-state index contributed by atoms with van der Waals surface area (Å²) in [6, 6.07) is 6.23. The van der Waals surface area contributed by atoms with Crippen LogP contribution in [0.1, 0.15) is 23.3 Å². The zero-order valence-electron chi connectivity index (χ0n) is 14.3. The van der Waals surface area contributed by atoms with Gasteiger partial charge in [-0.1, -0.05) is 6.07 Å². The lowest BCUT2D eigenvalue weighted by Gasteiger charge is -2.26. The number of likely N-dealkylation sites (tertiary alicyclic amines) is 2. The Bertz CT molecular complexity index is 730. The molecule has 0 aromatic carbocycles. The largest absolute Gasteiger partial charge is 0.334 e. The van der Waals surface area contributed by atoms with E-state index in [4.69, 9.17) is 0 Å². The first-order chi connectivity index (χ1) is 12.3. The molecule has 2 aromatic heterocycles. The number of thiazole rings is 1. The molecule has 25 heavy (non-hydrogen) atoms. The van der Waals surface area contributed by atoms with E-state index < -0.39 is 0 Å². The Hall–Kier alpha value is -1.44. The molecule has 2 aliphatic heterocycles. The standard InChI is InChI=1S/C18H22N4OS2/c1-24-16-11-22(10-15(16)21-8-4-5-9-21)18(23)14-12-25-17(20-14)13-6-2-3-7-19-13/h2-3,6-7,12,15-16H,4-5,8-11H2,1H3/t15-,16-/m0/s1. The third-order valence-corrected chi connectivity index (χ3v) is 6.98. The van der Waals surface area contributed by atoms with Crippen molar-refractivity contribution in [2.24, 2.45) is 0 Å². The second-order valence-electron chi connectivity index (χ2n) is 6.55. The van der Waals surface area contributed by atoms with Crippen molar-refractivity contribution < 1.29 is 4.79 Å². The van der Waals surface area contributed by atoms with Crippen LogP contribution in [0.25, 0.3) is 10.7 Å². The number of aromatic nitrogens is 2. The number of pyridine rings is 1. The highest BCUT2D eigenvalue weighted by atomic mass is 32.2. The molecule has 0 unspecified atom stereocenters. The van der Waals surface area contributed by atoms with E-state index in [-0.39, 0.29) is 5.91 Å². The summed E-state index contributed by atoms with van der Waals surface area (Å²) in [7, 11) is 0. The van der Waals surface area contributed by atoms with Crippen molar-refractivity contribution >= 4 is 29.0 Å². The normalized spacial score (nSPS) is 24.1. The van der Waals surface area contributed by atoms with Gasteiger partial charge in [-0.05, 0) is 44.3 Å². The number of nitrogens with zero attached hydrogens (tertiary/aromatic N) is 4. The molecule has 5 nitrogen and oxygen atoms in total. The highest BCUT2D eigenvalue weighted by molar-refractivity contribution is 7.99. The first kappa shape index (κ1) is 17.0. The molecule has 0 spiro atoms. The average molecular weight is 375 g/mol. The molecule has 4 heterocycles. The first-order valence-electron chi connectivity index (χ1n) is 8.69. The van der Waals surface area contributed by atoms with Gasteiger partial charge in [0.1, 0.15) is 10.7 Å². The lowest BCUT2D eigenvalue weighted by molar-refractivity contribution is 0.0775. The maximum absolute atomic E-state index is 12.9. The Morgan fingerprint density at radius 1 is 1.28 bits per heavy atom. The molecular formula is C18H22N4OS2. The Balaban J connectivity index is 1.49. The summed E-state index contributed by atoms with van der Waals surface area (Å²) in [5.74, 6) is 0.0548. The van der Waals surface area contributed by atoms with Crippen molar-refractivity contribution in [3.05, 3.63) is 35.5 Å². The predicted molar refractivity (Wildman–Crippen MR) is 103 cm³/mol. The molecule has 0 bridgehead atoms. The van der Waals surface area contributed by atoms with E-state index in [1.807, 2.05) is 40.2 Å². The number of rotatable bonds is 4. The summed E-state index contributed by atoms with van der Waals surface area (Å²) in [5.41, 5.74) is 1.37. The quantitative estimate of drug-likeness (QED) is 0.824. The van der Waals surface area contributed by atoms with Gasteiger partial charge >= 0.3 is 0 Å². The zero-order valence-corrected chi connectivity index (χ0v) is 15.9.